The van der Waals surface area contributed by atoms with Gasteiger partial charge in [0, 0.05) is 31.6 Å². The van der Waals surface area contributed by atoms with Gasteiger partial charge in [-0.2, -0.15) is 0 Å². The van der Waals surface area contributed by atoms with Gasteiger partial charge >= 0.3 is 0 Å². The maximum Gasteiger partial charge on any atom is 0.119 e. The van der Waals surface area contributed by atoms with E-state index in [4.69, 9.17) is 10.5 Å². The van der Waals surface area contributed by atoms with Gasteiger partial charge in [0.1, 0.15) is 5.75 Å². The average Bonchev–Trinajstić information content (AvgIpc) is 2.96. The fourth-order valence-electron chi connectivity index (χ4n) is 3.55. The molecule has 1 aliphatic heterocycles. The highest BCUT2D eigenvalue weighted by atomic mass is 35.5. The van der Waals surface area contributed by atoms with E-state index >= 15 is 0 Å². The van der Waals surface area contributed by atoms with Crippen LogP contribution >= 0.6 is 12.4 Å². The van der Waals surface area contributed by atoms with Crippen molar-refractivity contribution < 1.29 is 4.74 Å². The van der Waals surface area contributed by atoms with Crippen molar-refractivity contribution in [1.82, 2.24) is 4.90 Å². The fraction of sp³-hybridized carbons (Fsp3) is 0.400. The molecule has 2 aromatic rings. The minimum atomic E-state index is 0. The molecule has 0 aromatic heterocycles. The molecule has 2 aromatic carbocycles. The minimum Gasteiger partial charge on any atom is -0.497 e. The van der Waals surface area contributed by atoms with E-state index in [9.17, 15) is 0 Å². The normalized spacial score (nSPS) is 20.6. The Labute approximate surface area is 151 Å². The zero-order valence-corrected chi connectivity index (χ0v) is 15.3. The molecule has 24 heavy (non-hydrogen) atoms. The topological polar surface area (TPSA) is 38.5 Å². The van der Waals surface area contributed by atoms with E-state index in [0.29, 0.717) is 5.92 Å². The number of ether oxygens (including phenoxy) is 1. The summed E-state index contributed by atoms with van der Waals surface area (Å²) < 4.78 is 5.34. The molecule has 0 aliphatic carbocycles. The SMILES string of the molecule is CCc1cc(OC)ccc1CN1C[C@@H](N)[C@H](c2ccccc2)C1.Cl. The Morgan fingerprint density at radius 2 is 1.83 bits per heavy atom. The molecule has 0 amide bonds. The summed E-state index contributed by atoms with van der Waals surface area (Å²) in [5.41, 5.74) is 10.5. The lowest BCUT2D eigenvalue weighted by Gasteiger charge is -2.18. The van der Waals surface area contributed by atoms with Gasteiger partial charge in [-0.1, -0.05) is 43.3 Å². The monoisotopic (exact) mass is 346 g/mol. The molecule has 1 fully saturated rings. The molecule has 130 valence electrons. The van der Waals surface area contributed by atoms with Crippen LogP contribution in [0.5, 0.6) is 5.75 Å². The first kappa shape index (κ1) is 18.8. The van der Waals surface area contributed by atoms with Crippen LogP contribution in [0.3, 0.4) is 0 Å². The van der Waals surface area contributed by atoms with Crippen LogP contribution in [-0.4, -0.2) is 31.1 Å². The van der Waals surface area contributed by atoms with Crippen LogP contribution < -0.4 is 10.5 Å². The van der Waals surface area contributed by atoms with Gasteiger partial charge in [-0.3, -0.25) is 4.90 Å². The highest BCUT2D eigenvalue weighted by Gasteiger charge is 2.31. The molecule has 0 saturated carbocycles. The summed E-state index contributed by atoms with van der Waals surface area (Å²) >= 11 is 0. The number of methoxy groups -OCH3 is 1. The van der Waals surface area contributed by atoms with Crippen molar-refractivity contribution in [3.8, 4) is 5.75 Å². The third-order valence-corrected chi connectivity index (χ3v) is 4.86. The standard InChI is InChI=1S/C20H26N2O.ClH/c1-3-15-11-18(23-2)10-9-17(15)12-22-13-19(20(21)14-22)16-7-5-4-6-8-16;/h4-11,19-20H,3,12-14,21H2,1-2H3;1H/t19-,20+;/m0./s1. The number of halogens is 1. The number of nitrogens with two attached hydrogens (primary N) is 1. The van der Waals surface area contributed by atoms with Crippen LogP contribution in [-0.2, 0) is 13.0 Å². The maximum atomic E-state index is 6.41. The minimum absolute atomic E-state index is 0. The summed E-state index contributed by atoms with van der Waals surface area (Å²) in [6.07, 6.45) is 1.02. The number of hydrogen-bond acceptors (Lipinski definition) is 3. The zero-order chi connectivity index (χ0) is 16.2. The average molecular weight is 347 g/mol. The third kappa shape index (κ3) is 4.10. The first-order valence-electron chi connectivity index (χ1n) is 8.40. The Bertz CT molecular complexity index is 647. The number of likely N-dealkylation sites (tertiary alicyclic amines) is 1. The predicted molar refractivity (Wildman–Crippen MR) is 102 cm³/mol. The van der Waals surface area contributed by atoms with Gasteiger partial charge in [-0.25, -0.2) is 0 Å². The van der Waals surface area contributed by atoms with Crippen molar-refractivity contribution in [3.05, 3.63) is 65.2 Å². The first-order chi connectivity index (χ1) is 11.2. The third-order valence-electron chi connectivity index (χ3n) is 4.86. The quantitative estimate of drug-likeness (QED) is 0.898. The van der Waals surface area contributed by atoms with Crippen LogP contribution in [0.25, 0.3) is 0 Å². The Morgan fingerprint density at radius 3 is 2.50 bits per heavy atom. The lowest BCUT2D eigenvalue weighted by Crippen LogP contribution is -2.28. The molecular weight excluding hydrogens is 320 g/mol. The van der Waals surface area contributed by atoms with E-state index in [1.807, 2.05) is 0 Å². The van der Waals surface area contributed by atoms with Gasteiger partial charge in [0.15, 0.2) is 0 Å². The van der Waals surface area contributed by atoms with Crippen molar-refractivity contribution in [1.29, 1.82) is 0 Å². The number of benzene rings is 2. The van der Waals surface area contributed by atoms with Gasteiger partial charge < -0.3 is 10.5 Å². The Balaban J connectivity index is 0.00000208. The predicted octanol–water partition coefficient (Wildman–Crippen LogP) is 3.61. The van der Waals surface area contributed by atoms with E-state index < -0.39 is 0 Å². The molecule has 3 nitrogen and oxygen atoms in total. The van der Waals surface area contributed by atoms with Crippen LogP contribution in [0.15, 0.2) is 48.5 Å². The number of aryl methyl sites for hydroxylation is 1. The second-order valence-electron chi connectivity index (χ2n) is 6.36. The van der Waals surface area contributed by atoms with Crippen molar-refractivity contribution in [2.75, 3.05) is 20.2 Å². The van der Waals surface area contributed by atoms with Crippen molar-refractivity contribution in [3.63, 3.8) is 0 Å². The van der Waals surface area contributed by atoms with E-state index in [2.05, 4.69) is 60.4 Å². The number of nitrogens with zero attached hydrogens (tertiary/aromatic N) is 1. The zero-order valence-electron chi connectivity index (χ0n) is 14.4. The molecular formula is C20H27ClN2O. The highest BCUT2D eigenvalue weighted by molar-refractivity contribution is 5.85. The van der Waals surface area contributed by atoms with Gasteiger partial charge in [0.05, 0.1) is 7.11 Å². The Hall–Kier alpha value is -1.55. The second-order valence-corrected chi connectivity index (χ2v) is 6.36. The van der Waals surface area contributed by atoms with Crippen molar-refractivity contribution in [2.45, 2.75) is 31.8 Å². The summed E-state index contributed by atoms with van der Waals surface area (Å²) in [4.78, 5) is 2.48. The van der Waals surface area contributed by atoms with Crippen molar-refractivity contribution >= 4 is 12.4 Å². The molecule has 1 saturated heterocycles. The van der Waals surface area contributed by atoms with E-state index in [-0.39, 0.29) is 18.4 Å². The molecule has 3 rings (SSSR count). The molecule has 2 N–H and O–H groups in total. The molecule has 0 spiro atoms. The van der Waals surface area contributed by atoms with Gasteiger partial charge in [-0.15, -0.1) is 12.4 Å². The van der Waals surface area contributed by atoms with Crippen molar-refractivity contribution in [2.24, 2.45) is 5.73 Å². The fourth-order valence-corrected chi connectivity index (χ4v) is 3.55. The molecule has 2 atom stereocenters. The summed E-state index contributed by atoms with van der Waals surface area (Å²) in [6.45, 7) is 5.14. The molecule has 4 heteroatoms. The summed E-state index contributed by atoms with van der Waals surface area (Å²) in [5, 5.41) is 0. The molecule has 1 aliphatic rings. The highest BCUT2D eigenvalue weighted by Crippen LogP contribution is 2.28. The largest absolute Gasteiger partial charge is 0.497 e. The van der Waals surface area contributed by atoms with E-state index in [1.165, 1.54) is 16.7 Å². The Morgan fingerprint density at radius 1 is 1.08 bits per heavy atom. The van der Waals surface area contributed by atoms with Gasteiger partial charge in [0.25, 0.3) is 0 Å². The number of rotatable bonds is 5. The lowest BCUT2D eigenvalue weighted by atomic mass is 9.95. The van der Waals surface area contributed by atoms with Gasteiger partial charge in [0.2, 0.25) is 0 Å². The molecule has 0 unspecified atom stereocenters. The maximum absolute atomic E-state index is 6.41. The lowest BCUT2D eigenvalue weighted by molar-refractivity contribution is 0.322. The first-order valence-corrected chi connectivity index (χ1v) is 8.40. The Kier molecular flexibility index (Phi) is 6.67. The number of hydrogen-bond donors (Lipinski definition) is 1. The van der Waals surface area contributed by atoms with E-state index in [1.54, 1.807) is 7.11 Å². The smallest absolute Gasteiger partial charge is 0.119 e. The molecule has 1 heterocycles. The molecule has 0 bridgehead atoms. The molecule has 0 radical (unpaired) electrons. The van der Waals surface area contributed by atoms with Crippen LogP contribution in [0.2, 0.25) is 0 Å². The second kappa shape index (κ2) is 8.52. The van der Waals surface area contributed by atoms with Crippen LogP contribution in [0, 0.1) is 0 Å². The van der Waals surface area contributed by atoms with E-state index in [0.717, 1.165) is 31.8 Å². The summed E-state index contributed by atoms with van der Waals surface area (Å²) in [7, 11) is 1.72. The summed E-state index contributed by atoms with van der Waals surface area (Å²) in [6, 6.07) is 17.3. The van der Waals surface area contributed by atoms with Crippen LogP contribution in [0.1, 0.15) is 29.5 Å². The van der Waals surface area contributed by atoms with Crippen LogP contribution in [0.4, 0.5) is 0 Å². The summed E-state index contributed by atoms with van der Waals surface area (Å²) in [5.74, 6) is 1.37. The van der Waals surface area contributed by atoms with Gasteiger partial charge in [-0.05, 0) is 35.2 Å².